The van der Waals surface area contributed by atoms with Crippen LogP contribution in [0.1, 0.15) is 30.7 Å². The van der Waals surface area contributed by atoms with Crippen molar-refractivity contribution in [3.8, 4) is 0 Å². The molecule has 2 fully saturated rings. The summed E-state index contributed by atoms with van der Waals surface area (Å²) in [6, 6.07) is 1.91. The molecule has 0 heterocycles. The maximum atomic E-state index is 13.3. The van der Waals surface area contributed by atoms with E-state index < -0.39 is 27.2 Å². The Morgan fingerprint density at radius 2 is 1.74 bits per heavy atom. The van der Waals surface area contributed by atoms with Crippen molar-refractivity contribution in [1.82, 2.24) is 0 Å². The lowest BCUT2D eigenvalue weighted by Crippen LogP contribution is -2.64. The van der Waals surface area contributed by atoms with Gasteiger partial charge < -0.3 is 0 Å². The first-order valence-electron chi connectivity index (χ1n) is 5.85. The molecule has 0 saturated heterocycles. The molecule has 2 saturated carbocycles. The van der Waals surface area contributed by atoms with Crippen LogP contribution >= 0.6 is 23.2 Å². The average Bonchev–Trinajstić information content (AvgIpc) is 2.30. The van der Waals surface area contributed by atoms with Crippen LogP contribution in [0.3, 0.4) is 0 Å². The van der Waals surface area contributed by atoms with Crippen LogP contribution in [0.2, 0.25) is 0 Å². The fourth-order valence-corrected chi connectivity index (χ4v) is 3.89. The van der Waals surface area contributed by atoms with E-state index in [1.54, 1.807) is 0 Å². The minimum Gasteiger partial charge on any atom is -0.296 e. The highest BCUT2D eigenvalue weighted by Crippen LogP contribution is 2.70. The molecule has 2 unspecified atom stereocenters. The Labute approximate surface area is 117 Å². The maximum Gasteiger partial charge on any atom is 0.194 e. The summed E-state index contributed by atoms with van der Waals surface area (Å²) in [5.74, 6) is -4.56. The van der Waals surface area contributed by atoms with E-state index in [1.807, 2.05) is 0 Å². The van der Waals surface area contributed by atoms with Crippen LogP contribution in [0.4, 0.5) is 13.2 Å². The summed E-state index contributed by atoms with van der Waals surface area (Å²) in [6.07, 6.45) is 1.45. The van der Waals surface area contributed by atoms with Crippen LogP contribution in [0.25, 0.3) is 0 Å². The predicted octanol–water partition coefficient (Wildman–Crippen LogP) is 4.11. The number of ketones is 1. The van der Waals surface area contributed by atoms with Gasteiger partial charge in [0.05, 0.1) is 0 Å². The molecule has 3 rings (SSSR count). The number of benzene rings is 1. The van der Waals surface area contributed by atoms with Crippen molar-refractivity contribution in [3.05, 3.63) is 35.1 Å². The molecule has 19 heavy (non-hydrogen) atoms. The summed E-state index contributed by atoms with van der Waals surface area (Å²) in [7, 11) is 0. The Balaban J connectivity index is 1.99. The summed E-state index contributed by atoms with van der Waals surface area (Å²) in [5, 5.41) is 0. The van der Waals surface area contributed by atoms with E-state index >= 15 is 0 Å². The lowest BCUT2D eigenvalue weighted by atomic mass is 9.47. The van der Waals surface area contributed by atoms with Gasteiger partial charge in [0.15, 0.2) is 27.6 Å². The smallest absolute Gasteiger partial charge is 0.194 e. The zero-order valence-electron chi connectivity index (χ0n) is 9.65. The number of carbonyl (C=O) groups excluding carboxylic acids is 1. The molecule has 1 aromatic carbocycles. The van der Waals surface area contributed by atoms with Crippen LogP contribution in [-0.2, 0) is 4.79 Å². The number of carbonyl (C=O) groups is 1. The second-order valence-electron chi connectivity index (χ2n) is 5.22. The molecular weight excluding hydrogens is 300 g/mol. The summed E-state index contributed by atoms with van der Waals surface area (Å²) >= 11 is 12.0. The zero-order valence-corrected chi connectivity index (χ0v) is 11.2. The third-order valence-corrected chi connectivity index (χ3v) is 5.58. The highest BCUT2D eigenvalue weighted by Gasteiger charge is 2.71. The van der Waals surface area contributed by atoms with Gasteiger partial charge in [0.25, 0.3) is 0 Å². The van der Waals surface area contributed by atoms with Crippen molar-refractivity contribution in [3.63, 3.8) is 0 Å². The van der Waals surface area contributed by atoms with Crippen LogP contribution < -0.4 is 0 Å². The minimum atomic E-state index is -1.50. The van der Waals surface area contributed by atoms with Crippen LogP contribution in [0.15, 0.2) is 12.1 Å². The number of hydrogen-bond acceptors (Lipinski definition) is 1. The largest absolute Gasteiger partial charge is 0.296 e. The molecule has 1 nitrogen and oxygen atoms in total. The summed E-state index contributed by atoms with van der Waals surface area (Å²) in [4.78, 5) is 11.5. The average molecular weight is 309 g/mol. The van der Waals surface area contributed by atoms with E-state index in [0.717, 1.165) is 12.1 Å². The summed E-state index contributed by atoms with van der Waals surface area (Å²) in [5.41, 5.74) is -0.356. The molecule has 1 aromatic rings. The van der Waals surface area contributed by atoms with Gasteiger partial charge in [-0.25, -0.2) is 13.2 Å². The normalized spacial score (nSPS) is 32.1. The quantitative estimate of drug-likeness (QED) is 0.563. The first-order chi connectivity index (χ1) is 8.79. The Bertz CT molecular complexity index is 564. The molecule has 0 radical (unpaired) electrons. The molecule has 0 N–H and O–H groups in total. The highest BCUT2D eigenvalue weighted by atomic mass is 35.5. The van der Waals surface area contributed by atoms with Crippen LogP contribution in [-0.4, -0.2) is 10.1 Å². The van der Waals surface area contributed by atoms with E-state index in [2.05, 4.69) is 0 Å². The molecule has 102 valence electrons. The number of hydrogen-bond donors (Lipinski definition) is 0. The molecule has 0 aliphatic heterocycles. The molecule has 0 bridgehead atoms. The van der Waals surface area contributed by atoms with Gasteiger partial charge in [-0.2, -0.15) is 0 Å². The molecule has 2 atom stereocenters. The van der Waals surface area contributed by atoms with Crippen molar-refractivity contribution < 1.29 is 18.0 Å². The van der Waals surface area contributed by atoms with Gasteiger partial charge in [0, 0.05) is 11.8 Å². The standard InChI is InChI=1S/C13H9Cl2F3O/c14-13(15)10(19)5-12(13)2-1-7(12)6-3-8(16)11(18)9(17)4-6/h3-4,7H,1-2,5H2. The van der Waals surface area contributed by atoms with E-state index in [9.17, 15) is 18.0 Å². The summed E-state index contributed by atoms with van der Waals surface area (Å²) in [6.45, 7) is 0. The van der Waals surface area contributed by atoms with Crippen molar-refractivity contribution in [2.75, 3.05) is 0 Å². The van der Waals surface area contributed by atoms with Crippen molar-refractivity contribution >= 4 is 29.0 Å². The molecule has 0 aromatic heterocycles. The lowest BCUT2D eigenvalue weighted by Gasteiger charge is -2.61. The second-order valence-corrected chi connectivity index (χ2v) is 6.55. The SMILES string of the molecule is O=C1CC2(CCC2c2cc(F)c(F)c(F)c2)C1(Cl)Cl. The van der Waals surface area contributed by atoms with Gasteiger partial charge in [-0.1, -0.05) is 23.2 Å². The summed E-state index contributed by atoms with van der Waals surface area (Å²) < 4.78 is 38.0. The van der Waals surface area contributed by atoms with Gasteiger partial charge in [-0.15, -0.1) is 0 Å². The Morgan fingerprint density at radius 3 is 2.11 bits per heavy atom. The Morgan fingerprint density at radius 1 is 1.16 bits per heavy atom. The van der Waals surface area contributed by atoms with Gasteiger partial charge >= 0.3 is 0 Å². The highest BCUT2D eigenvalue weighted by molar-refractivity contribution is 6.61. The third kappa shape index (κ3) is 1.53. The predicted molar refractivity (Wildman–Crippen MR) is 64.8 cm³/mol. The molecule has 0 amide bonds. The lowest BCUT2D eigenvalue weighted by molar-refractivity contribution is -0.142. The first kappa shape index (κ1) is 13.3. The van der Waals surface area contributed by atoms with Gasteiger partial charge in [-0.05, 0) is 36.5 Å². The maximum absolute atomic E-state index is 13.3. The van der Waals surface area contributed by atoms with E-state index in [4.69, 9.17) is 23.2 Å². The Kier molecular flexibility index (Phi) is 2.71. The monoisotopic (exact) mass is 308 g/mol. The first-order valence-corrected chi connectivity index (χ1v) is 6.61. The molecule has 6 heteroatoms. The molecule has 2 aliphatic rings. The van der Waals surface area contributed by atoms with Gasteiger partial charge in [0.2, 0.25) is 0 Å². The van der Waals surface area contributed by atoms with Crippen molar-refractivity contribution in [1.29, 1.82) is 0 Å². The molecule has 2 aliphatic carbocycles. The fourth-order valence-electron chi connectivity index (χ4n) is 3.17. The van der Waals surface area contributed by atoms with E-state index in [1.165, 1.54) is 0 Å². The topological polar surface area (TPSA) is 17.1 Å². The molecular formula is C13H9Cl2F3O. The molecule has 1 spiro atoms. The number of alkyl halides is 2. The van der Waals surface area contributed by atoms with E-state index in [-0.39, 0.29) is 18.1 Å². The number of rotatable bonds is 1. The van der Waals surface area contributed by atoms with Crippen molar-refractivity contribution in [2.24, 2.45) is 5.41 Å². The van der Waals surface area contributed by atoms with Crippen molar-refractivity contribution in [2.45, 2.75) is 29.5 Å². The van der Waals surface area contributed by atoms with Crippen LogP contribution in [0, 0.1) is 22.9 Å². The number of halogens is 5. The second kappa shape index (κ2) is 3.89. The third-order valence-electron chi connectivity index (χ3n) is 4.41. The van der Waals surface area contributed by atoms with Crippen LogP contribution in [0.5, 0.6) is 0 Å². The van der Waals surface area contributed by atoms with Gasteiger partial charge in [-0.3, -0.25) is 4.79 Å². The van der Waals surface area contributed by atoms with Gasteiger partial charge in [0.1, 0.15) is 0 Å². The zero-order chi connectivity index (χ0) is 14.0. The number of Topliss-reactive ketones (excluding diaryl/α,β-unsaturated/α-hetero) is 1. The van der Waals surface area contributed by atoms with E-state index in [0.29, 0.717) is 18.4 Å². The Hall–Kier alpha value is -0.740. The minimum absolute atomic E-state index is 0.200. The fraction of sp³-hybridized carbons (Fsp3) is 0.462.